The van der Waals surface area contributed by atoms with E-state index in [1.54, 1.807) is 6.08 Å². The minimum atomic E-state index is -2.82. The predicted octanol–water partition coefficient (Wildman–Crippen LogP) is 3.47. The first-order valence-corrected chi connectivity index (χ1v) is 3.95. The summed E-state index contributed by atoms with van der Waals surface area (Å²) in [5, 5.41) is 0. The molecule has 0 aromatic rings. The second-order valence-electron chi connectivity index (χ2n) is 2.98. The first-order valence-electron chi connectivity index (χ1n) is 3.95. The van der Waals surface area contributed by atoms with Crippen LogP contribution in [0.5, 0.6) is 0 Å². The Labute approximate surface area is 71.3 Å². The van der Waals surface area contributed by atoms with Crippen molar-refractivity contribution in [2.24, 2.45) is 0 Å². The molecule has 1 aliphatic carbocycles. The van der Waals surface area contributed by atoms with Gasteiger partial charge in [-0.2, -0.15) is 8.78 Å². The highest BCUT2D eigenvalue weighted by Crippen LogP contribution is 2.32. The Hall–Kier alpha value is -0.920. The minimum Gasteiger partial charge on any atom is -0.197 e. The fourth-order valence-electron chi connectivity index (χ4n) is 1.26. The van der Waals surface area contributed by atoms with Crippen molar-refractivity contribution in [3.8, 4) is 0 Å². The maximum Gasteiger partial charge on any atom is 0.287 e. The molecule has 66 valence electrons. The van der Waals surface area contributed by atoms with E-state index in [1.807, 2.05) is 13.0 Å². The molecule has 0 saturated carbocycles. The fourth-order valence-corrected chi connectivity index (χ4v) is 1.26. The Morgan fingerprint density at radius 3 is 2.75 bits per heavy atom. The van der Waals surface area contributed by atoms with E-state index >= 15 is 0 Å². The predicted molar refractivity (Wildman–Crippen MR) is 46.2 cm³/mol. The molecule has 0 unspecified atom stereocenters. The monoisotopic (exact) mass is 170 g/mol. The molecule has 0 nitrogen and oxygen atoms in total. The van der Waals surface area contributed by atoms with E-state index in [9.17, 15) is 8.78 Å². The molecule has 2 heteroatoms. The van der Waals surface area contributed by atoms with Gasteiger partial charge in [-0.05, 0) is 25.8 Å². The molecule has 0 atom stereocenters. The Morgan fingerprint density at radius 2 is 2.25 bits per heavy atom. The van der Waals surface area contributed by atoms with Gasteiger partial charge >= 0.3 is 0 Å². The SMILES string of the molecule is C=CC(F)(F)C1=CC(C)=CCC1. The molecular formula is C10H12F2. The van der Waals surface area contributed by atoms with Gasteiger partial charge in [0.2, 0.25) is 0 Å². The van der Waals surface area contributed by atoms with Crippen LogP contribution in [0.3, 0.4) is 0 Å². The number of hydrogen-bond acceptors (Lipinski definition) is 0. The van der Waals surface area contributed by atoms with Crippen molar-refractivity contribution < 1.29 is 8.78 Å². The highest BCUT2D eigenvalue weighted by molar-refractivity contribution is 5.32. The maximum atomic E-state index is 13.0. The van der Waals surface area contributed by atoms with Crippen LogP contribution in [0.2, 0.25) is 0 Å². The zero-order chi connectivity index (χ0) is 9.19. The van der Waals surface area contributed by atoms with Gasteiger partial charge in [-0.1, -0.05) is 24.3 Å². The van der Waals surface area contributed by atoms with Crippen LogP contribution in [0.25, 0.3) is 0 Å². The van der Waals surface area contributed by atoms with Crippen LogP contribution >= 0.6 is 0 Å². The summed E-state index contributed by atoms with van der Waals surface area (Å²) in [6, 6.07) is 0. The van der Waals surface area contributed by atoms with Crippen molar-refractivity contribution >= 4 is 0 Å². The normalized spacial score (nSPS) is 18.2. The van der Waals surface area contributed by atoms with Crippen molar-refractivity contribution in [1.29, 1.82) is 0 Å². The molecule has 0 fully saturated rings. The average molecular weight is 170 g/mol. The molecule has 0 heterocycles. The van der Waals surface area contributed by atoms with Gasteiger partial charge in [-0.3, -0.25) is 0 Å². The van der Waals surface area contributed by atoms with E-state index in [4.69, 9.17) is 0 Å². The minimum absolute atomic E-state index is 0.178. The molecule has 0 aromatic heterocycles. The van der Waals surface area contributed by atoms with Crippen molar-refractivity contribution in [1.82, 2.24) is 0 Å². The third-order valence-corrected chi connectivity index (χ3v) is 1.97. The molecule has 0 spiro atoms. The van der Waals surface area contributed by atoms with Crippen LogP contribution in [0, 0.1) is 0 Å². The molecular weight excluding hydrogens is 158 g/mol. The van der Waals surface area contributed by atoms with Gasteiger partial charge in [0.1, 0.15) is 0 Å². The lowest BCUT2D eigenvalue weighted by Crippen LogP contribution is -2.16. The lowest BCUT2D eigenvalue weighted by molar-refractivity contribution is 0.0931. The van der Waals surface area contributed by atoms with Gasteiger partial charge < -0.3 is 0 Å². The molecule has 0 aliphatic heterocycles. The summed E-state index contributed by atoms with van der Waals surface area (Å²) in [6.45, 7) is 4.95. The number of allylic oxidation sites excluding steroid dienone is 5. The van der Waals surface area contributed by atoms with Gasteiger partial charge in [0.05, 0.1) is 0 Å². The van der Waals surface area contributed by atoms with E-state index in [-0.39, 0.29) is 5.57 Å². The average Bonchev–Trinajstić information content (AvgIpc) is 2.05. The second kappa shape index (κ2) is 3.21. The topological polar surface area (TPSA) is 0 Å². The highest BCUT2D eigenvalue weighted by Gasteiger charge is 2.29. The van der Waals surface area contributed by atoms with Gasteiger partial charge in [0.25, 0.3) is 5.92 Å². The van der Waals surface area contributed by atoms with Crippen LogP contribution < -0.4 is 0 Å². The van der Waals surface area contributed by atoms with E-state index in [2.05, 4.69) is 6.58 Å². The molecule has 1 aliphatic rings. The summed E-state index contributed by atoms with van der Waals surface area (Å²) in [5.41, 5.74) is 1.09. The zero-order valence-corrected chi connectivity index (χ0v) is 7.11. The quantitative estimate of drug-likeness (QED) is 0.556. The molecule has 0 amide bonds. The van der Waals surface area contributed by atoms with Crippen molar-refractivity contribution in [3.63, 3.8) is 0 Å². The second-order valence-corrected chi connectivity index (χ2v) is 2.98. The molecule has 0 saturated heterocycles. The summed E-state index contributed by atoms with van der Waals surface area (Å²) >= 11 is 0. The van der Waals surface area contributed by atoms with E-state index in [0.717, 1.165) is 5.57 Å². The third kappa shape index (κ3) is 1.81. The first kappa shape index (κ1) is 9.17. The van der Waals surface area contributed by atoms with Gasteiger partial charge in [0.15, 0.2) is 0 Å². The van der Waals surface area contributed by atoms with Crippen LogP contribution in [-0.4, -0.2) is 5.92 Å². The van der Waals surface area contributed by atoms with E-state index < -0.39 is 5.92 Å². The van der Waals surface area contributed by atoms with Crippen LogP contribution in [0.1, 0.15) is 19.8 Å². The summed E-state index contributed by atoms with van der Waals surface area (Å²) in [5.74, 6) is -2.82. The van der Waals surface area contributed by atoms with Gasteiger partial charge in [-0.25, -0.2) is 0 Å². The van der Waals surface area contributed by atoms with Gasteiger partial charge in [0, 0.05) is 5.57 Å². The standard InChI is InChI=1S/C10H12F2/c1-3-10(11,12)9-6-4-5-8(2)7-9/h3,5,7H,1,4,6H2,2H3. The summed E-state index contributed by atoms with van der Waals surface area (Å²) in [6.07, 6.45) is 5.36. The van der Waals surface area contributed by atoms with Crippen LogP contribution in [-0.2, 0) is 0 Å². The lowest BCUT2D eigenvalue weighted by Gasteiger charge is -2.18. The van der Waals surface area contributed by atoms with Gasteiger partial charge in [-0.15, -0.1) is 0 Å². The summed E-state index contributed by atoms with van der Waals surface area (Å²) in [4.78, 5) is 0. The van der Waals surface area contributed by atoms with Crippen molar-refractivity contribution in [2.75, 3.05) is 0 Å². The lowest BCUT2D eigenvalue weighted by atomic mass is 9.95. The molecule has 12 heavy (non-hydrogen) atoms. The smallest absolute Gasteiger partial charge is 0.197 e. The molecule has 0 N–H and O–H groups in total. The largest absolute Gasteiger partial charge is 0.287 e. The summed E-state index contributed by atoms with van der Waals surface area (Å²) in [7, 11) is 0. The number of alkyl halides is 2. The molecule has 1 rings (SSSR count). The first-order chi connectivity index (χ1) is 5.56. The Kier molecular flexibility index (Phi) is 2.46. The Bertz CT molecular complexity index is 247. The van der Waals surface area contributed by atoms with Crippen molar-refractivity contribution in [3.05, 3.63) is 36.0 Å². The molecule has 0 aromatic carbocycles. The van der Waals surface area contributed by atoms with Crippen LogP contribution in [0.4, 0.5) is 8.78 Å². The highest BCUT2D eigenvalue weighted by atomic mass is 19.3. The maximum absolute atomic E-state index is 13.0. The van der Waals surface area contributed by atoms with Crippen LogP contribution in [0.15, 0.2) is 36.0 Å². The Balaban J connectivity index is 2.89. The zero-order valence-electron chi connectivity index (χ0n) is 7.11. The Morgan fingerprint density at radius 1 is 1.58 bits per heavy atom. The fraction of sp³-hybridized carbons (Fsp3) is 0.400. The van der Waals surface area contributed by atoms with E-state index in [0.29, 0.717) is 18.9 Å². The third-order valence-electron chi connectivity index (χ3n) is 1.97. The number of hydrogen-bond donors (Lipinski definition) is 0. The number of rotatable bonds is 2. The molecule has 0 bridgehead atoms. The molecule has 0 radical (unpaired) electrons. The van der Waals surface area contributed by atoms with Crippen molar-refractivity contribution in [2.45, 2.75) is 25.7 Å². The number of halogens is 2. The summed E-state index contributed by atoms with van der Waals surface area (Å²) < 4.78 is 26.0. The van der Waals surface area contributed by atoms with E-state index in [1.165, 1.54) is 0 Å².